The summed E-state index contributed by atoms with van der Waals surface area (Å²) in [4.78, 5) is 1.17. The minimum atomic E-state index is 0.300. The zero-order chi connectivity index (χ0) is 12.6. The van der Waals surface area contributed by atoms with Gasteiger partial charge in [-0.25, -0.2) is 0 Å². The summed E-state index contributed by atoms with van der Waals surface area (Å²) in [5.41, 5.74) is 0. The molecule has 0 bridgehead atoms. The molecule has 1 fully saturated rings. The molecule has 0 aromatic carbocycles. The Morgan fingerprint density at radius 1 is 1.61 bits per heavy atom. The van der Waals surface area contributed by atoms with Crippen molar-refractivity contribution in [1.29, 1.82) is 0 Å². The van der Waals surface area contributed by atoms with E-state index in [1.54, 1.807) is 11.3 Å². The van der Waals surface area contributed by atoms with Crippen molar-refractivity contribution in [3.05, 3.63) is 22.3 Å². The highest BCUT2D eigenvalue weighted by atomic mass is 32.2. The fourth-order valence-corrected chi connectivity index (χ4v) is 4.56. The van der Waals surface area contributed by atoms with Crippen LogP contribution >= 0.6 is 35.3 Å². The molecule has 0 amide bonds. The molecule has 3 heterocycles. The van der Waals surface area contributed by atoms with Crippen molar-refractivity contribution in [2.45, 2.75) is 31.1 Å². The third-order valence-corrected chi connectivity index (χ3v) is 5.99. The first-order valence-electron chi connectivity index (χ1n) is 6.01. The molecule has 1 atom stereocenters. The normalized spacial score (nSPS) is 23.6. The summed E-state index contributed by atoms with van der Waals surface area (Å²) in [5, 5.41) is 9.38. The second-order valence-electron chi connectivity index (χ2n) is 4.82. The summed E-state index contributed by atoms with van der Waals surface area (Å²) < 4.78 is 3.18. The highest BCUT2D eigenvalue weighted by Crippen LogP contribution is 2.39. The summed E-state index contributed by atoms with van der Waals surface area (Å²) in [6.07, 6.45) is 2.56. The van der Waals surface area contributed by atoms with Crippen LogP contribution in [0.3, 0.4) is 0 Å². The average molecular weight is 297 g/mol. The SMILES string of the molecule is CC1(Cn2c(-c3cccs3)n[nH]c2=S)CCCS1. The number of hydrogen-bond donors (Lipinski definition) is 1. The van der Waals surface area contributed by atoms with Gasteiger partial charge < -0.3 is 0 Å². The molecule has 96 valence electrons. The Bertz CT molecular complexity index is 576. The zero-order valence-corrected chi connectivity index (χ0v) is 12.6. The van der Waals surface area contributed by atoms with Crippen LogP contribution in [0.2, 0.25) is 0 Å². The van der Waals surface area contributed by atoms with Gasteiger partial charge in [-0.3, -0.25) is 9.67 Å². The molecule has 1 N–H and O–H groups in total. The molecule has 1 aliphatic heterocycles. The van der Waals surface area contributed by atoms with Gasteiger partial charge >= 0.3 is 0 Å². The zero-order valence-electron chi connectivity index (χ0n) is 10.2. The van der Waals surface area contributed by atoms with Crippen LogP contribution in [0.1, 0.15) is 19.8 Å². The number of thiophene rings is 1. The summed E-state index contributed by atoms with van der Waals surface area (Å²) in [6.45, 7) is 3.28. The summed E-state index contributed by atoms with van der Waals surface area (Å²) in [7, 11) is 0. The van der Waals surface area contributed by atoms with E-state index in [-0.39, 0.29) is 0 Å². The number of H-pyrrole nitrogens is 1. The predicted molar refractivity (Wildman–Crippen MR) is 80.8 cm³/mol. The Kier molecular flexibility index (Phi) is 3.34. The van der Waals surface area contributed by atoms with Crippen LogP contribution in [-0.2, 0) is 6.54 Å². The first-order chi connectivity index (χ1) is 8.68. The van der Waals surface area contributed by atoms with E-state index in [0.29, 0.717) is 4.75 Å². The Balaban J connectivity index is 1.96. The van der Waals surface area contributed by atoms with E-state index in [2.05, 4.69) is 44.9 Å². The number of rotatable bonds is 3. The first kappa shape index (κ1) is 12.4. The monoisotopic (exact) mass is 297 g/mol. The fraction of sp³-hybridized carbons (Fsp3) is 0.500. The maximum Gasteiger partial charge on any atom is 0.195 e. The maximum absolute atomic E-state index is 5.37. The van der Waals surface area contributed by atoms with Crippen LogP contribution in [0.5, 0.6) is 0 Å². The quantitative estimate of drug-likeness (QED) is 0.871. The lowest BCUT2D eigenvalue weighted by Crippen LogP contribution is -2.24. The van der Waals surface area contributed by atoms with Crippen molar-refractivity contribution >= 4 is 35.3 Å². The number of nitrogens with zero attached hydrogens (tertiary/aromatic N) is 2. The average Bonchev–Trinajstić information content (AvgIpc) is 3.03. The van der Waals surface area contributed by atoms with E-state index >= 15 is 0 Å². The molecule has 0 radical (unpaired) electrons. The Labute approximate surface area is 120 Å². The molecule has 3 rings (SSSR count). The third-order valence-electron chi connectivity index (χ3n) is 3.29. The molecule has 0 saturated carbocycles. The van der Waals surface area contributed by atoms with Crippen LogP contribution in [0, 0.1) is 4.77 Å². The molecule has 6 heteroatoms. The number of thioether (sulfide) groups is 1. The number of nitrogens with one attached hydrogen (secondary N) is 1. The molecule has 1 aliphatic rings. The van der Waals surface area contributed by atoms with Gasteiger partial charge in [-0.05, 0) is 49.2 Å². The van der Waals surface area contributed by atoms with E-state index in [9.17, 15) is 0 Å². The second kappa shape index (κ2) is 4.83. The standard InChI is InChI=1S/C12H15N3S3/c1-12(5-3-7-18-12)8-15-10(13-14-11(15)16)9-4-2-6-17-9/h2,4,6H,3,5,7-8H2,1H3,(H,14,16). The van der Waals surface area contributed by atoms with Crippen LogP contribution in [0.15, 0.2) is 17.5 Å². The van der Waals surface area contributed by atoms with E-state index in [1.807, 2.05) is 6.07 Å². The van der Waals surface area contributed by atoms with Gasteiger partial charge in [0.15, 0.2) is 10.6 Å². The minimum absolute atomic E-state index is 0.300. The molecule has 3 nitrogen and oxygen atoms in total. The molecule has 2 aromatic rings. The Hall–Kier alpha value is -0.590. The smallest absolute Gasteiger partial charge is 0.195 e. The third kappa shape index (κ3) is 2.29. The largest absolute Gasteiger partial charge is 0.298 e. The lowest BCUT2D eigenvalue weighted by molar-refractivity contribution is 0.509. The molecule has 2 aromatic heterocycles. The molecular weight excluding hydrogens is 282 g/mol. The lowest BCUT2D eigenvalue weighted by Gasteiger charge is -2.23. The minimum Gasteiger partial charge on any atom is -0.298 e. The van der Waals surface area contributed by atoms with Crippen molar-refractivity contribution in [2.75, 3.05) is 5.75 Å². The van der Waals surface area contributed by atoms with Crippen LogP contribution in [0.4, 0.5) is 0 Å². The maximum atomic E-state index is 5.37. The number of hydrogen-bond acceptors (Lipinski definition) is 4. The molecular formula is C12H15N3S3. The number of aromatic nitrogens is 3. The Morgan fingerprint density at radius 2 is 2.50 bits per heavy atom. The Morgan fingerprint density at radius 3 is 3.17 bits per heavy atom. The number of aromatic amines is 1. The van der Waals surface area contributed by atoms with Gasteiger partial charge in [-0.2, -0.15) is 16.9 Å². The summed E-state index contributed by atoms with van der Waals surface area (Å²) >= 11 is 9.13. The fourth-order valence-electron chi connectivity index (χ4n) is 2.35. The van der Waals surface area contributed by atoms with E-state index < -0.39 is 0 Å². The molecule has 0 spiro atoms. The van der Waals surface area contributed by atoms with Gasteiger partial charge in [-0.15, -0.1) is 11.3 Å². The first-order valence-corrected chi connectivity index (χ1v) is 8.28. The van der Waals surface area contributed by atoms with E-state index in [1.165, 1.54) is 23.5 Å². The van der Waals surface area contributed by atoms with Crippen molar-refractivity contribution in [1.82, 2.24) is 14.8 Å². The van der Waals surface area contributed by atoms with Gasteiger partial charge in [0.1, 0.15) is 0 Å². The van der Waals surface area contributed by atoms with Crippen LogP contribution in [-0.4, -0.2) is 25.3 Å². The second-order valence-corrected chi connectivity index (χ2v) is 7.83. The highest BCUT2D eigenvalue weighted by molar-refractivity contribution is 8.00. The summed E-state index contributed by atoms with van der Waals surface area (Å²) in [5.74, 6) is 2.24. The van der Waals surface area contributed by atoms with Crippen LogP contribution < -0.4 is 0 Å². The van der Waals surface area contributed by atoms with E-state index in [0.717, 1.165) is 17.1 Å². The summed E-state index contributed by atoms with van der Waals surface area (Å²) in [6, 6.07) is 4.14. The van der Waals surface area contributed by atoms with Gasteiger partial charge in [-0.1, -0.05) is 6.07 Å². The van der Waals surface area contributed by atoms with Gasteiger partial charge in [0.05, 0.1) is 4.88 Å². The molecule has 1 unspecified atom stereocenters. The molecule has 0 aliphatic carbocycles. The van der Waals surface area contributed by atoms with Gasteiger partial charge in [0, 0.05) is 11.3 Å². The highest BCUT2D eigenvalue weighted by Gasteiger charge is 2.31. The van der Waals surface area contributed by atoms with Gasteiger partial charge in [0.2, 0.25) is 0 Å². The topological polar surface area (TPSA) is 33.6 Å². The molecule has 18 heavy (non-hydrogen) atoms. The lowest BCUT2D eigenvalue weighted by atomic mass is 10.1. The van der Waals surface area contributed by atoms with Crippen LogP contribution in [0.25, 0.3) is 10.7 Å². The van der Waals surface area contributed by atoms with Crippen molar-refractivity contribution in [3.8, 4) is 10.7 Å². The van der Waals surface area contributed by atoms with Crippen molar-refractivity contribution in [3.63, 3.8) is 0 Å². The van der Waals surface area contributed by atoms with E-state index in [4.69, 9.17) is 12.2 Å². The van der Waals surface area contributed by atoms with Crippen molar-refractivity contribution in [2.24, 2.45) is 0 Å². The van der Waals surface area contributed by atoms with Gasteiger partial charge in [0.25, 0.3) is 0 Å². The van der Waals surface area contributed by atoms with Crippen molar-refractivity contribution < 1.29 is 0 Å². The predicted octanol–water partition coefficient (Wildman–Crippen LogP) is 3.95. The molecule has 1 saturated heterocycles.